The summed E-state index contributed by atoms with van der Waals surface area (Å²) in [6.07, 6.45) is 0. The number of rotatable bonds is 3. The number of benzene rings is 3. The van der Waals surface area contributed by atoms with Crippen molar-refractivity contribution in [3.05, 3.63) is 70.3 Å². The lowest BCUT2D eigenvalue weighted by atomic mass is 10.1. The summed E-state index contributed by atoms with van der Waals surface area (Å²) in [7, 11) is 0. The third-order valence-corrected chi connectivity index (χ3v) is 3.62. The van der Waals surface area contributed by atoms with E-state index in [9.17, 15) is 15.2 Å². The van der Waals surface area contributed by atoms with Crippen LogP contribution in [0.2, 0.25) is 0 Å². The summed E-state index contributed by atoms with van der Waals surface area (Å²) in [5, 5.41) is 30.6. The largest absolute Gasteiger partial charge is 0.507 e. The first-order chi connectivity index (χ1) is 11.1. The Balaban J connectivity index is 2.07. The van der Waals surface area contributed by atoms with Crippen LogP contribution < -0.4 is 0 Å². The molecule has 0 aliphatic heterocycles. The summed E-state index contributed by atoms with van der Waals surface area (Å²) in [6.45, 7) is 1.64. The molecule has 1 N–H and O–H groups in total. The van der Waals surface area contributed by atoms with Crippen molar-refractivity contribution in [3.63, 3.8) is 0 Å². The molecule has 0 bridgehead atoms. The molecule has 23 heavy (non-hydrogen) atoms. The predicted molar refractivity (Wildman–Crippen MR) is 87.6 cm³/mol. The minimum atomic E-state index is -0.440. The average molecular weight is 307 g/mol. The highest BCUT2D eigenvalue weighted by atomic mass is 16.6. The van der Waals surface area contributed by atoms with E-state index < -0.39 is 4.92 Å². The van der Waals surface area contributed by atoms with E-state index in [-0.39, 0.29) is 11.4 Å². The van der Waals surface area contributed by atoms with Crippen molar-refractivity contribution in [2.45, 2.75) is 6.92 Å². The SMILES string of the molecule is Cc1c(N=Nc2ccc(O)c3ccccc23)cccc1[N+](=O)[O-]. The van der Waals surface area contributed by atoms with Crippen LogP contribution in [0.3, 0.4) is 0 Å². The van der Waals surface area contributed by atoms with Gasteiger partial charge in [0.2, 0.25) is 0 Å². The van der Waals surface area contributed by atoms with Gasteiger partial charge in [0.05, 0.1) is 21.9 Å². The van der Waals surface area contributed by atoms with Crippen LogP contribution in [0.4, 0.5) is 17.1 Å². The Bertz CT molecular complexity index is 936. The topological polar surface area (TPSA) is 88.1 Å². The minimum Gasteiger partial charge on any atom is -0.507 e. The Morgan fingerprint density at radius 1 is 0.913 bits per heavy atom. The molecule has 3 aromatic rings. The minimum absolute atomic E-state index is 0.0111. The highest BCUT2D eigenvalue weighted by Gasteiger charge is 2.13. The Hall–Kier alpha value is -3.28. The second kappa shape index (κ2) is 5.84. The number of fused-ring (bicyclic) bond motifs is 1. The van der Waals surface area contributed by atoms with Crippen LogP contribution in [0.1, 0.15) is 5.56 Å². The summed E-state index contributed by atoms with van der Waals surface area (Å²) in [6, 6.07) is 15.2. The summed E-state index contributed by atoms with van der Waals surface area (Å²) < 4.78 is 0. The Morgan fingerprint density at radius 2 is 1.61 bits per heavy atom. The Labute approximate surface area is 131 Å². The summed E-state index contributed by atoms with van der Waals surface area (Å²) in [4.78, 5) is 10.5. The first-order valence-electron chi connectivity index (χ1n) is 6.94. The van der Waals surface area contributed by atoms with Crippen LogP contribution in [-0.2, 0) is 0 Å². The lowest BCUT2D eigenvalue weighted by Gasteiger charge is -2.04. The number of nitro benzene ring substituents is 1. The molecule has 3 rings (SSSR count). The number of phenolic OH excluding ortho intramolecular Hbond substituents is 1. The highest BCUT2D eigenvalue weighted by Crippen LogP contribution is 2.34. The number of nitrogens with zero attached hydrogens (tertiary/aromatic N) is 3. The zero-order valence-electron chi connectivity index (χ0n) is 12.3. The zero-order chi connectivity index (χ0) is 16.4. The van der Waals surface area contributed by atoms with Gasteiger partial charge in [0, 0.05) is 16.8 Å². The van der Waals surface area contributed by atoms with E-state index in [1.165, 1.54) is 6.07 Å². The van der Waals surface area contributed by atoms with Crippen LogP contribution in [-0.4, -0.2) is 10.0 Å². The molecule has 0 aliphatic rings. The molecular formula is C17H13N3O3. The first kappa shape index (κ1) is 14.6. The second-order valence-electron chi connectivity index (χ2n) is 5.03. The van der Waals surface area contributed by atoms with Gasteiger partial charge in [-0.2, -0.15) is 5.11 Å². The molecule has 0 saturated heterocycles. The van der Waals surface area contributed by atoms with E-state index in [1.807, 2.05) is 18.2 Å². The maximum atomic E-state index is 11.0. The van der Waals surface area contributed by atoms with Gasteiger partial charge in [-0.3, -0.25) is 10.1 Å². The van der Waals surface area contributed by atoms with Crippen molar-refractivity contribution in [2.75, 3.05) is 0 Å². The van der Waals surface area contributed by atoms with E-state index in [1.54, 1.807) is 37.3 Å². The molecule has 0 aliphatic carbocycles. The highest BCUT2D eigenvalue weighted by molar-refractivity contribution is 5.96. The molecule has 0 radical (unpaired) electrons. The Morgan fingerprint density at radius 3 is 2.35 bits per heavy atom. The van der Waals surface area contributed by atoms with Gasteiger partial charge in [-0.15, -0.1) is 5.11 Å². The molecular weight excluding hydrogens is 294 g/mol. The molecule has 0 heterocycles. The second-order valence-corrected chi connectivity index (χ2v) is 5.03. The molecule has 114 valence electrons. The van der Waals surface area contributed by atoms with Gasteiger partial charge in [-0.1, -0.05) is 30.3 Å². The maximum Gasteiger partial charge on any atom is 0.274 e. The van der Waals surface area contributed by atoms with E-state index in [0.29, 0.717) is 22.3 Å². The fourth-order valence-electron chi connectivity index (χ4n) is 2.38. The summed E-state index contributed by atoms with van der Waals surface area (Å²) in [5.74, 6) is 0.172. The molecule has 0 spiro atoms. The van der Waals surface area contributed by atoms with Crippen LogP contribution in [0.25, 0.3) is 10.8 Å². The third-order valence-electron chi connectivity index (χ3n) is 3.62. The van der Waals surface area contributed by atoms with E-state index in [0.717, 1.165) is 5.39 Å². The van der Waals surface area contributed by atoms with Gasteiger partial charge in [-0.25, -0.2) is 0 Å². The van der Waals surface area contributed by atoms with Crippen LogP contribution in [0.15, 0.2) is 64.8 Å². The van der Waals surface area contributed by atoms with Gasteiger partial charge in [0.15, 0.2) is 0 Å². The van der Waals surface area contributed by atoms with Gasteiger partial charge in [0.1, 0.15) is 5.75 Å². The number of azo groups is 1. The van der Waals surface area contributed by atoms with Crippen molar-refractivity contribution >= 4 is 27.8 Å². The lowest BCUT2D eigenvalue weighted by Crippen LogP contribution is -1.90. The van der Waals surface area contributed by atoms with E-state index in [4.69, 9.17) is 0 Å². The third kappa shape index (κ3) is 2.74. The number of phenols is 1. The molecule has 0 amide bonds. The summed E-state index contributed by atoms with van der Waals surface area (Å²) >= 11 is 0. The van der Waals surface area contributed by atoms with Gasteiger partial charge < -0.3 is 5.11 Å². The molecule has 0 atom stereocenters. The molecule has 0 saturated carbocycles. The number of hydrogen-bond acceptors (Lipinski definition) is 5. The van der Waals surface area contributed by atoms with Crippen molar-refractivity contribution in [1.82, 2.24) is 0 Å². The lowest BCUT2D eigenvalue weighted by molar-refractivity contribution is -0.385. The van der Waals surface area contributed by atoms with Crippen molar-refractivity contribution in [2.24, 2.45) is 10.2 Å². The van der Waals surface area contributed by atoms with Crippen LogP contribution in [0, 0.1) is 17.0 Å². The first-order valence-corrected chi connectivity index (χ1v) is 6.94. The predicted octanol–water partition coefficient (Wildman–Crippen LogP) is 5.18. The molecule has 3 aromatic carbocycles. The molecule has 0 aromatic heterocycles. The van der Waals surface area contributed by atoms with E-state index in [2.05, 4.69) is 10.2 Å². The zero-order valence-corrected chi connectivity index (χ0v) is 12.3. The quantitative estimate of drug-likeness (QED) is 0.411. The van der Waals surface area contributed by atoms with Crippen LogP contribution in [0.5, 0.6) is 5.75 Å². The molecule has 0 fully saturated rings. The van der Waals surface area contributed by atoms with Crippen LogP contribution >= 0.6 is 0 Å². The van der Waals surface area contributed by atoms with Crippen molar-refractivity contribution in [1.29, 1.82) is 0 Å². The van der Waals surface area contributed by atoms with Gasteiger partial charge >= 0.3 is 0 Å². The molecule has 6 nitrogen and oxygen atoms in total. The number of aromatic hydroxyl groups is 1. The van der Waals surface area contributed by atoms with Gasteiger partial charge in [0.25, 0.3) is 5.69 Å². The molecule has 6 heteroatoms. The summed E-state index contributed by atoms with van der Waals surface area (Å²) in [5.41, 5.74) is 1.50. The smallest absolute Gasteiger partial charge is 0.274 e. The molecule has 0 unspecified atom stereocenters. The van der Waals surface area contributed by atoms with E-state index >= 15 is 0 Å². The number of nitro groups is 1. The fraction of sp³-hybridized carbons (Fsp3) is 0.0588. The Kier molecular flexibility index (Phi) is 3.72. The standard InChI is InChI=1S/C17H13N3O3/c1-11-14(7-4-8-16(11)20(22)23)18-19-15-9-10-17(21)13-6-3-2-5-12(13)15/h2-10,21H,1H3. The maximum absolute atomic E-state index is 11.0. The normalized spacial score (nSPS) is 11.2. The van der Waals surface area contributed by atoms with Gasteiger partial charge in [-0.05, 0) is 25.1 Å². The average Bonchev–Trinajstić information content (AvgIpc) is 2.55. The van der Waals surface area contributed by atoms with Crippen molar-refractivity contribution < 1.29 is 10.0 Å². The monoisotopic (exact) mass is 307 g/mol. The number of hydrogen-bond donors (Lipinski definition) is 1. The fourth-order valence-corrected chi connectivity index (χ4v) is 2.38. The van der Waals surface area contributed by atoms with Crippen molar-refractivity contribution in [3.8, 4) is 5.75 Å².